The predicted octanol–water partition coefficient (Wildman–Crippen LogP) is 3.78. The maximum atomic E-state index is 12.4. The first-order valence-corrected chi connectivity index (χ1v) is 11.8. The van der Waals surface area contributed by atoms with Gasteiger partial charge in [0.15, 0.2) is 5.43 Å². The Morgan fingerprint density at radius 2 is 2.03 bits per heavy atom. The summed E-state index contributed by atoms with van der Waals surface area (Å²) in [6.07, 6.45) is 5.55. The highest BCUT2D eigenvalue weighted by molar-refractivity contribution is 5.87. The van der Waals surface area contributed by atoms with Crippen LogP contribution in [0.4, 0.5) is 4.79 Å². The summed E-state index contributed by atoms with van der Waals surface area (Å²) in [5, 5.41) is 12.0. The van der Waals surface area contributed by atoms with Crippen molar-refractivity contribution < 1.29 is 28.9 Å². The van der Waals surface area contributed by atoms with Crippen molar-refractivity contribution in [2.45, 2.75) is 51.5 Å². The summed E-state index contributed by atoms with van der Waals surface area (Å²) in [7, 11) is 0. The van der Waals surface area contributed by atoms with Gasteiger partial charge >= 0.3 is 12.1 Å². The molecule has 4 rings (SSSR count). The van der Waals surface area contributed by atoms with Crippen molar-refractivity contribution in [3.05, 3.63) is 45.7 Å². The van der Waals surface area contributed by atoms with Gasteiger partial charge in [-0.2, -0.15) is 0 Å². The highest BCUT2D eigenvalue weighted by atomic mass is 16.5. The van der Waals surface area contributed by atoms with Crippen LogP contribution in [0.3, 0.4) is 0 Å². The Morgan fingerprint density at radius 3 is 2.76 bits per heavy atom. The van der Waals surface area contributed by atoms with Crippen molar-refractivity contribution in [2.75, 3.05) is 26.4 Å². The molecule has 0 atom stereocenters. The van der Waals surface area contributed by atoms with Crippen LogP contribution in [0.2, 0.25) is 0 Å². The zero-order valence-electron chi connectivity index (χ0n) is 19.3. The Kier molecular flexibility index (Phi) is 7.40. The van der Waals surface area contributed by atoms with Gasteiger partial charge < -0.3 is 29.2 Å². The van der Waals surface area contributed by atoms with E-state index in [1.807, 2.05) is 19.1 Å². The molecule has 1 aliphatic heterocycles. The number of unbranched alkanes of at least 4 members (excludes halogenated alkanes) is 1. The van der Waals surface area contributed by atoms with E-state index >= 15 is 0 Å². The van der Waals surface area contributed by atoms with Crippen LogP contribution in [-0.4, -0.2) is 48.1 Å². The Bertz CT molecular complexity index is 1120. The Hall–Kier alpha value is -3.49. The number of ether oxygens (including phenoxy) is 3. The lowest BCUT2D eigenvalue weighted by Gasteiger charge is -2.17. The van der Waals surface area contributed by atoms with Gasteiger partial charge in [-0.25, -0.2) is 9.59 Å². The largest absolute Gasteiger partial charge is 0.493 e. The molecule has 34 heavy (non-hydrogen) atoms. The zero-order chi connectivity index (χ0) is 24.1. The van der Waals surface area contributed by atoms with Crippen LogP contribution in [0.15, 0.2) is 29.2 Å². The van der Waals surface area contributed by atoms with Crippen molar-refractivity contribution in [2.24, 2.45) is 0 Å². The smallest absolute Gasteiger partial charge is 0.407 e. The van der Waals surface area contributed by atoms with E-state index < -0.39 is 17.5 Å². The van der Waals surface area contributed by atoms with Crippen LogP contribution in [0, 0.1) is 0 Å². The molecule has 2 aliphatic rings. The molecule has 0 bridgehead atoms. The minimum absolute atomic E-state index is 0.252. The fourth-order valence-corrected chi connectivity index (χ4v) is 3.95. The fraction of sp³-hybridized carbons (Fsp3) is 0.480. The topological polar surface area (TPSA) is 116 Å². The summed E-state index contributed by atoms with van der Waals surface area (Å²) >= 11 is 0. The monoisotopic (exact) mass is 470 g/mol. The second kappa shape index (κ2) is 10.6. The lowest BCUT2D eigenvalue weighted by atomic mass is 10.0. The van der Waals surface area contributed by atoms with E-state index in [-0.39, 0.29) is 5.56 Å². The first-order valence-electron chi connectivity index (χ1n) is 11.8. The number of aromatic carboxylic acids is 1. The van der Waals surface area contributed by atoms with Gasteiger partial charge in [0.25, 0.3) is 0 Å². The molecule has 9 heteroatoms. The van der Waals surface area contributed by atoms with Gasteiger partial charge in [-0.05, 0) is 43.2 Å². The quantitative estimate of drug-likeness (QED) is 0.508. The van der Waals surface area contributed by atoms with E-state index in [1.54, 1.807) is 4.57 Å². The standard InChI is InChI=1S/C25H30N2O7/c1-2-3-9-34-25(31)26-7-4-10-32-22-14-23-18(12-17(22)16-5-6-16)20-13-21(28)19(24(29)30)15-27(20)8-11-33-23/h12-16H,2-11H2,1H3,(H,26,31)(H,29,30). The molecule has 1 fully saturated rings. The number of alkyl carbamates (subject to hydrolysis) is 1. The minimum Gasteiger partial charge on any atom is -0.493 e. The molecular formula is C25H30N2O7. The molecule has 0 spiro atoms. The highest BCUT2D eigenvalue weighted by Crippen LogP contribution is 2.48. The molecule has 2 heterocycles. The van der Waals surface area contributed by atoms with Gasteiger partial charge in [0.05, 0.1) is 25.5 Å². The first kappa shape index (κ1) is 23.7. The van der Waals surface area contributed by atoms with Crippen LogP contribution in [-0.2, 0) is 11.3 Å². The van der Waals surface area contributed by atoms with Crippen molar-refractivity contribution >= 4 is 12.1 Å². The van der Waals surface area contributed by atoms with Crippen molar-refractivity contribution in [1.29, 1.82) is 0 Å². The number of pyridine rings is 1. The number of nitrogens with one attached hydrogen (secondary N) is 1. The number of carbonyl (C=O) groups is 2. The Morgan fingerprint density at radius 1 is 1.21 bits per heavy atom. The summed E-state index contributed by atoms with van der Waals surface area (Å²) < 4.78 is 18.9. The van der Waals surface area contributed by atoms with E-state index in [0.717, 1.165) is 42.6 Å². The fourth-order valence-electron chi connectivity index (χ4n) is 3.95. The van der Waals surface area contributed by atoms with Crippen molar-refractivity contribution in [3.63, 3.8) is 0 Å². The van der Waals surface area contributed by atoms with Gasteiger partial charge in [0.2, 0.25) is 0 Å². The highest BCUT2D eigenvalue weighted by Gasteiger charge is 2.30. The number of hydrogen-bond acceptors (Lipinski definition) is 6. The zero-order valence-corrected chi connectivity index (χ0v) is 19.3. The number of benzene rings is 1. The minimum atomic E-state index is -1.24. The van der Waals surface area contributed by atoms with Crippen molar-refractivity contribution in [1.82, 2.24) is 9.88 Å². The maximum Gasteiger partial charge on any atom is 0.407 e. The average molecular weight is 471 g/mol. The number of carbonyl (C=O) groups excluding carboxylic acids is 1. The summed E-state index contributed by atoms with van der Waals surface area (Å²) in [6.45, 7) is 4.11. The van der Waals surface area contributed by atoms with Gasteiger partial charge in [0, 0.05) is 30.4 Å². The normalized spacial score (nSPS) is 14.3. The number of amides is 1. The number of hydrogen-bond donors (Lipinski definition) is 2. The molecule has 1 amide bonds. The molecule has 1 aliphatic carbocycles. The molecule has 182 valence electrons. The van der Waals surface area contributed by atoms with Gasteiger partial charge in [-0.15, -0.1) is 0 Å². The van der Waals surface area contributed by atoms with Crippen LogP contribution in [0.25, 0.3) is 11.3 Å². The summed E-state index contributed by atoms with van der Waals surface area (Å²) in [6, 6.07) is 5.24. The van der Waals surface area contributed by atoms with Crippen LogP contribution in [0.1, 0.15) is 60.9 Å². The number of carboxylic acid groups (broad SMARTS) is 1. The molecule has 1 aromatic heterocycles. The summed E-state index contributed by atoms with van der Waals surface area (Å²) in [5.74, 6) is 0.487. The predicted molar refractivity (Wildman–Crippen MR) is 125 cm³/mol. The molecule has 2 N–H and O–H groups in total. The third-order valence-corrected chi connectivity index (χ3v) is 5.93. The average Bonchev–Trinajstić information content (AvgIpc) is 3.65. The van der Waals surface area contributed by atoms with E-state index in [1.165, 1.54) is 12.3 Å². The number of rotatable bonds is 10. The lowest BCUT2D eigenvalue weighted by molar-refractivity contribution is 0.0694. The summed E-state index contributed by atoms with van der Waals surface area (Å²) in [5.41, 5.74) is 1.68. The van der Waals surface area contributed by atoms with Crippen LogP contribution >= 0.6 is 0 Å². The third kappa shape index (κ3) is 5.52. The van der Waals surface area contributed by atoms with Crippen molar-refractivity contribution in [3.8, 4) is 22.8 Å². The molecule has 0 saturated heterocycles. The Balaban J connectivity index is 1.48. The van der Waals surface area contributed by atoms with Gasteiger partial charge in [-0.3, -0.25) is 4.79 Å². The van der Waals surface area contributed by atoms with E-state index in [4.69, 9.17) is 14.2 Å². The number of carboxylic acids is 1. The molecule has 1 aromatic carbocycles. The number of aromatic nitrogens is 1. The SMILES string of the molecule is CCCCOC(=O)NCCCOc1cc2c(cc1C1CC1)-c1cc(=O)c(C(=O)O)cn1CCO2. The van der Waals surface area contributed by atoms with E-state index in [0.29, 0.717) is 56.7 Å². The lowest BCUT2D eigenvalue weighted by Crippen LogP contribution is -2.26. The number of fused-ring (bicyclic) bond motifs is 3. The van der Waals surface area contributed by atoms with Crippen LogP contribution < -0.4 is 20.2 Å². The van der Waals surface area contributed by atoms with E-state index in [2.05, 4.69) is 5.32 Å². The molecule has 9 nitrogen and oxygen atoms in total. The van der Waals surface area contributed by atoms with Gasteiger partial charge in [0.1, 0.15) is 23.7 Å². The first-order chi connectivity index (χ1) is 16.5. The van der Waals surface area contributed by atoms with Gasteiger partial charge in [-0.1, -0.05) is 13.3 Å². The maximum absolute atomic E-state index is 12.4. The summed E-state index contributed by atoms with van der Waals surface area (Å²) in [4.78, 5) is 35.4. The third-order valence-electron chi connectivity index (χ3n) is 5.93. The molecular weight excluding hydrogens is 440 g/mol. The molecule has 2 aromatic rings. The Labute approximate surface area is 197 Å². The van der Waals surface area contributed by atoms with Crippen LogP contribution in [0.5, 0.6) is 11.5 Å². The molecule has 1 saturated carbocycles. The second-order valence-corrected chi connectivity index (χ2v) is 8.56. The second-order valence-electron chi connectivity index (χ2n) is 8.56. The number of nitrogens with zero attached hydrogens (tertiary/aromatic N) is 1. The van der Waals surface area contributed by atoms with E-state index in [9.17, 15) is 19.5 Å². The molecule has 0 unspecified atom stereocenters. The molecule has 0 radical (unpaired) electrons.